The van der Waals surface area contributed by atoms with Gasteiger partial charge in [-0.05, 0) is 118 Å². The highest BCUT2D eigenvalue weighted by molar-refractivity contribution is 6.01. The third-order valence-corrected chi connectivity index (χ3v) is 15.8. The minimum Gasteiger partial charge on any atom is -0.465 e. The van der Waals surface area contributed by atoms with Gasteiger partial charge < -0.3 is 9.47 Å². The highest BCUT2D eigenvalue weighted by Crippen LogP contribution is 2.38. The van der Waals surface area contributed by atoms with E-state index in [2.05, 4.69) is 211 Å². The average molecular weight is 1120 g/mol. The Morgan fingerprint density at radius 1 is 0.422 bits per heavy atom. The van der Waals surface area contributed by atoms with Crippen molar-refractivity contribution >= 4 is 34.0 Å². The molecule has 0 aliphatic heterocycles. The molecule has 10 nitrogen and oxygen atoms in total. The van der Waals surface area contributed by atoms with Gasteiger partial charge in [-0.25, -0.2) is 4.79 Å². The molecule has 0 fully saturated rings. The van der Waals surface area contributed by atoms with Crippen LogP contribution in [-0.4, -0.2) is 55.1 Å². The smallest absolute Gasteiger partial charge is 0.333 e. The number of hydrogen-bond acceptors (Lipinski definition) is 8. The SMILES string of the molecule is C=C(C)C(=O)OCCCCCCn1nc2c(-c3ccc(C(C)(C)C)cc3)ccc(-c3ccc(C(C)(C)C)cc3)c2n1.CCC(C)C(=O)OCCCCCCn1nc2c(-c3ccc(C(C)(C)C)cc3)ccc(-c3ccc(C(C)(C)C)cc3)c2n1. The molecular formula is C73H94N6O4. The molecule has 10 heteroatoms. The molecule has 0 radical (unpaired) electrons. The van der Waals surface area contributed by atoms with Crippen LogP contribution in [0, 0.1) is 5.92 Å². The van der Waals surface area contributed by atoms with Gasteiger partial charge in [0.15, 0.2) is 0 Å². The summed E-state index contributed by atoms with van der Waals surface area (Å²) < 4.78 is 10.6. The maximum absolute atomic E-state index is 11.9. The lowest BCUT2D eigenvalue weighted by molar-refractivity contribution is -0.148. The maximum Gasteiger partial charge on any atom is 0.333 e. The Kier molecular flexibility index (Phi) is 21.0. The number of carbonyl (C=O) groups excluding carboxylic acids is 2. The molecule has 83 heavy (non-hydrogen) atoms. The van der Waals surface area contributed by atoms with Crippen molar-refractivity contribution in [1.82, 2.24) is 30.0 Å². The van der Waals surface area contributed by atoms with Gasteiger partial charge in [0.05, 0.1) is 32.2 Å². The van der Waals surface area contributed by atoms with E-state index in [1.165, 1.54) is 22.3 Å². The normalized spacial score (nSPS) is 12.5. The Morgan fingerprint density at radius 3 is 0.940 bits per heavy atom. The molecule has 0 saturated heterocycles. The van der Waals surface area contributed by atoms with Crippen molar-refractivity contribution in [2.75, 3.05) is 13.2 Å². The van der Waals surface area contributed by atoms with Crippen LogP contribution in [0.25, 0.3) is 66.6 Å². The monoisotopic (exact) mass is 1120 g/mol. The minimum atomic E-state index is -0.315. The van der Waals surface area contributed by atoms with E-state index in [4.69, 9.17) is 29.9 Å². The summed E-state index contributed by atoms with van der Waals surface area (Å²) in [5.41, 5.74) is 18.9. The number of aryl methyl sites for hydroxylation is 2. The van der Waals surface area contributed by atoms with Gasteiger partial charge in [0.2, 0.25) is 0 Å². The molecule has 0 aliphatic carbocycles. The van der Waals surface area contributed by atoms with Crippen molar-refractivity contribution in [3.05, 3.63) is 156 Å². The molecule has 2 heterocycles. The molecule has 0 saturated carbocycles. The number of nitrogens with zero attached hydrogens (tertiary/aromatic N) is 6. The van der Waals surface area contributed by atoms with Gasteiger partial charge in [0, 0.05) is 27.8 Å². The predicted molar refractivity (Wildman–Crippen MR) is 345 cm³/mol. The molecule has 0 aliphatic rings. The van der Waals surface area contributed by atoms with Crippen LogP contribution < -0.4 is 0 Å². The molecule has 6 aromatic carbocycles. The molecule has 1 unspecified atom stereocenters. The van der Waals surface area contributed by atoms with Gasteiger partial charge in [0.1, 0.15) is 22.1 Å². The van der Waals surface area contributed by atoms with Crippen molar-refractivity contribution in [2.24, 2.45) is 5.92 Å². The number of esters is 2. The van der Waals surface area contributed by atoms with Crippen LogP contribution in [0.1, 0.15) is 184 Å². The molecule has 0 amide bonds. The molecule has 440 valence electrons. The van der Waals surface area contributed by atoms with E-state index in [9.17, 15) is 9.59 Å². The van der Waals surface area contributed by atoms with E-state index < -0.39 is 0 Å². The largest absolute Gasteiger partial charge is 0.465 e. The lowest BCUT2D eigenvalue weighted by atomic mass is 9.85. The van der Waals surface area contributed by atoms with Crippen molar-refractivity contribution < 1.29 is 19.1 Å². The number of carbonyl (C=O) groups is 2. The molecule has 0 N–H and O–H groups in total. The van der Waals surface area contributed by atoms with E-state index in [0.717, 1.165) is 137 Å². The number of rotatable bonds is 21. The molecule has 8 aromatic rings. The first-order valence-corrected chi connectivity index (χ1v) is 30.4. The van der Waals surface area contributed by atoms with Gasteiger partial charge in [-0.15, -0.1) is 0 Å². The quantitative estimate of drug-likeness (QED) is 0.0397. The summed E-state index contributed by atoms with van der Waals surface area (Å²) in [6, 6.07) is 44.2. The third-order valence-electron chi connectivity index (χ3n) is 15.8. The molecule has 1 atom stereocenters. The Bertz CT molecular complexity index is 3240. The lowest BCUT2D eigenvalue weighted by Gasteiger charge is -2.19. The summed E-state index contributed by atoms with van der Waals surface area (Å²) in [5.74, 6) is -0.421. The number of hydrogen-bond donors (Lipinski definition) is 0. The number of aromatic nitrogens is 6. The van der Waals surface area contributed by atoms with Gasteiger partial charge in [-0.3, -0.25) is 4.79 Å². The highest BCUT2D eigenvalue weighted by atomic mass is 16.5. The second-order valence-corrected chi connectivity index (χ2v) is 26.8. The second kappa shape index (κ2) is 27.5. The van der Waals surface area contributed by atoms with E-state index in [1.807, 2.05) is 23.4 Å². The number of ether oxygens (including phenoxy) is 2. The van der Waals surface area contributed by atoms with E-state index in [1.54, 1.807) is 6.92 Å². The summed E-state index contributed by atoms with van der Waals surface area (Å²) in [6.45, 7) is 38.5. The third kappa shape index (κ3) is 17.0. The van der Waals surface area contributed by atoms with Crippen LogP contribution in [0.3, 0.4) is 0 Å². The van der Waals surface area contributed by atoms with Gasteiger partial charge in [-0.1, -0.05) is 238 Å². The Morgan fingerprint density at radius 2 is 0.687 bits per heavy atom. The number of unbranched alkanes of at least 4 members (excludes halogenated alkanes) is 6. The highest BCUT2D eigenvalue weighted by Gasteiger charge is 2.22. The summed E-state index contributed by atoms with van der Waals surface area (Å²) in [7, 11) is 0. The van der Waals surface area contributed by atoms with Crippen LogP contribution in [0.15, 0.2) is 133 Å². The van der Waals surface area contributed by atoms with Gasteiger partial charge >= 0.3 is 11.9 Å². The van der Waals surface area contributed by atoms with Crippen molar-refractivity contribution in [2.45, 2.75) is 196 Å². The summed E-state index contributed by atoms with van der Waals surface area (Å²) in [6.07, 6.45) is 8.55. The Balaban J connectivity index is 0.000000239. The molecule has 2 aromatic heterocycles. The zero-order chi connectivity index (χ0) is 60.3. The molecule has 0 bridgehead atoms. The first kappa shape index (κ1) is 63.4. The van der Waals surface area contributed by atoms with E-state index in [0.29, 0.717) is 18.8 Å². The topological polar surface area (TPSA) is 114 Å². The Labute approximate surface area is 496 Å². The first-order valence-electron chi connectivity index (χ1n) is 30.4. The first-order chi connectivity index (χ1) is 39.2. The minimum absolute atomic E-state index is 0.0207. The fourth-order valence-corrected chi connectivity index (χ4v) is 9.99. The van der Waals surface area contributed by atoms with E-state index in [-0.39, 0.29) is 39.5 Å². The number of benzene rings is 6. The Hall–Kier alpha value is -7.20. The summed E-state index contributed by atoms with van der Waals surface area (Å²) in [5, 5.41) is 20.1. The van der Waals surface area contributed by atoms with Gasteiger partial charge in [-0.2, -0.15) is 30.0 Å². The summed E-state index contributed by atoms with van der Waals surface area (Å²) in [4.78, 5) is 27.1. The second-order valence-electron chi connectivity index (χ2n) is 26.8. The average Bonchev–Trinajstić information content (AvgIpc) is 2.77. The zero-order valence-electron chi connectivity index (χ0n) is 52.8. The van der Waals surface area contributed by atoms with Crippen LogP contribution in [0.5, 0.6) is 0 Å². The van der Waals surface area contributed by atoms with Crippen LogP contribution in [-0.2, 0) is 53.8 Å². The van der Waals surface area contributed by atoms with Crippen LogP contribution >= 0.6 is 0 Å². The van der Waals surface area contributed by atoms with Crippen LogP contribution in [0.4, 0.5) is 0 Å². The van der Waals surface area contributed by atoms with Crippen molar-refractivity contribution in [1.29, 1.82) is 0 Å². The lowest BCUT2D eigenvalue weighted by Crippen LogP contribution is -2.14. The van der Waals surface area contributed by atoms with Crippen LogP contribution in [0.2, 0.25) is 0 Å². The van der Waals surface area contributed by atoms with Crippen molar-refractivity contribution in [3.8, 4) is 44.5 Å². The van der Waals surface area contributed by atoms with Crippen molar-refractivity contribution in [3.63, 3.8) is 0 Å². The van der Waals surface area contributed by atoms with Gasteiger partial charge in [0.25, 0.3) is 0 Å². The van der Waals surface area contributed by atoms with E-state index >= 15 is 0 Å². The zero-order valence-corrected chi connectivity index (χ0v) is 52.8. The molecule has 0 spiro atoms. The fraction of sp³-hybridized carbons (Fsp3) is 0.452. The molecule has 8 rings (SSSR count). The fourth-order valence-electron chi connectivity index (χ4n) is 9.99. The summed E-state index contributed by atoms with van der Waals surface area (Å²) >= 11 is 0. The number of fused-ring (bicyclic) bond motifs is 2. The maximum atomic E-state index is 11.9. The predicted octanol–water partition coefficient (Wildman–Crippen LogP) is 18.5. The standard InChI is InChI=1S/C37H49N3O2.C36H45N3O2/c1-9-26(2)35(41)42-25-13-11-10-12-24-40-38-33-31(27-14-18-29(19-15-27)36(3,4)5)22-23-32(34(33)39-40)28-16-20-30(21-17-28)37(6,7)8;1-25(2)34(40)41-24-12-10-9-11-23-39-37-32-30(26-13-17-28(18-14-26)35(3,4)5)21-22-31(33(32)38-39)27-15-19-29(20-16-27)36(6,7)8/h14-23,26H,9-13,24-25H2,1-8H3;13-22H,1,9-12,23-24H2,2-8H3. The molecular weight excluding hydrogens is 1020 g/mol.